The summed E-state index contributed by atoms with van der Waals surface area (Å²) < 4.78 is 5.27. The van der Waals surface area contributed by atoms with Gasteiger partial charge in [-0.2, -0.15) is 0 Å². The molecule has 0 atom stereocenters. The van der Waals surface area contributed by atoms with Gasteiger partial charge in [0.05, 0.1) is 25.9 Å². The number of carbonyl (C=O) groups is 1. The van der Waals surface area contributed by atoms with Gasteiger partial charge in [-0.15, -0.1) is 0 Å². The zero-order chi connectivity index (χ0) is 15.9. The molecule has 116 valence electrons. The molecule has 0 spiro atoms. The molecule has 0 aliphatic rings. The van der Waals surface area contributed by atoms with E-state index in [2.05, 4.69) is 5.32 Å². The molecule has 2 aromatic rings. The van der Waals surface area contributed by atoms with Gasteiger partial charge < -0.3 is 15.2 Å². The fourth-order valence-corrected chi connectivity index (χ4v) is 2.13. The summed E-state index contributed by atoms with van der Waals surface area (Å²) in [5.41, 5.74) is 1.21. The standard InChI is InChI=1S/C16H17ClN2O3/c1-22-15-5-3-2-4-14(15)19(10-11-20)16(21)18-13-8-6-12(17)7-9-13/h2-9,20H,10-11H2,1H3,(H,18,21). The van der Waals surface area contributed by atoms with Gasteiger partial charge in [0.15, 0.2) is 0 Å². The molecule has 0 radical (unpaired) electrons. The Labute approximate surface area is 134 Å². The number of amides is 2. The first-order chi connectivity index (χ1) is 10.7. The van der Waals surface area contributed by atoms with Gasteiger partial charge in [0.2, 0.25) is 0 Å². The quantitative estimate of drug-likeness (QED) is 0.887. The number of para-hydroxylation sites is 2. The van der Waals surface area contributed by atoms with E-state index in [9.17, 15) is 9.90 Å². The van der Waals surface area contributed by atoms with Crippen LogP contribution in [0.3, 0.4) is 0 Å². The Bertz CT molecular complexity index is 632. The number of rotatable bonds is 5. The second-order valence-corrected chi connectivity index (χ2v) is 4.92. The van der Waals surface area contributed by atoms with E-state index in [1.54, 1.807) is 42.5 Å². The van der Waals surface area contributed by atoms with Crippen molar-refractivity contribution in [2.75, 3.05) is 30.5 Å². The van der Waals surface area contributed by atoms with E-state index < -0.39 is 0 Å². The maximum Gasteiger partial charge on any atom is 0.326 e. The van der Waals surface area contributed by atoms with Crippen molar-refractivity contribution in [2.24, 2.45) is 0 Å². The second kappa shape index (κ2) is 7.68. The molecule has 0 fully saturated rings. The van der Waals surface area contributed by atoms with E-state index in [1.165, 1.54) is 12.0 Å². The van der Waals surface area contributed by atoms with Gasteiger partial charge in [-0.25, -0.2) is 4.79 Å². The summed E-state index contributed by atoms with van der Waals surface area (Å²) in [5, 5.41) is 12.6. The number of aliphatic hydroxyl groups is 1. The number of hydrogen-bond acceptors (Lipinski definition) is 3. The molecule has 22 heavy (non-hydrogen) atoms. The van der Waals surface area contributed by atoms with Gasteiger partial charge in [0, 0.05) is 10.7 Å². The normalized spacial score (nSPS) is 10.1. The monoisotopic (exact) mass is 320 g/mol. The van der Waals surface area contributed by atoms with Crippen LogP contribution >= 0.6 is 11.6 Å². The van der Waals surface area contributed by atoms with Crippen LogP contribution in [-0.4, -0.2) is 31.4 Å². The molecule has 0 aromatic heterocycles. The van der Waals surface area contributed by atoms with Crippen LogP contribution in [0.4, 0.5) is 16.2 Å². The van der Waals surface area contributed by atoms with Gasteiger partial charge in [0.25, 0.3) is 0 Å². The van der Waals surface area contributed by atoms with E-state index in [-0.39, 0.29) is 19.2 Å². The smallest absolute Gasteiger partial charge is 0.326 e. The highest BCUT2D eigenvalue weighted by Crippen LogP contribution is 2.28. The van der Waals surface area contributed by atoms with E-state index in [0.717, 1.165) is 0 Å². The second-order valence-electron chi connectivity index (χ2n) is 4.48. The van der Waals surface area contributed by atoms with Crippen molar-refractivity contribution in [3.05, 3.63) is 53.6 Å². The highest BCUT2D eigenvalue weighted by atomic mass is 35.5. The summed E-state index contributed by atoms with van der Waals surface area (Å²) >= 11 is 5.82. The Morgan fingerprint density at radius 1 is 1.23 bits per heavy atom. The van der Waals surface area contributed by atoms with Crippen molar-refractivity contribution >= 4 is 29.0 Å². The van der Waals surface area contributed by atoms with Crippen LogP contribution in [-0.2, 0) is 0 Å². The van der Waals surface area contributed by atoms with Crippen molar-refractivity contribution < 1.29 is 14.6 Å². The average molecular weight is 321 g/mol. The minimum atomic E-state index is -0.360. The molecule has 0 aliphatic heterocycles. The zero-order valence-electron chi connectivity index (χ0n) is 12.1. The number of benzene rings is 2. The van der Waals surface area contributed by atoms with Crippen LogP contribution in [0.1, 0.15) is 0 Å². The lowest BCUT2D eigenvalue weighted by atomic mass is 10.2. The number of anilines is 2. The van der Waals surface area contributed by atoms with Crippen LogP contribution in [0.15, 0.2) is 48.5 Å². The van der Waals surface area contributed by atoms with Gasteiger partial charge >= 0.3 is 6.03 Å². The SMILES string of the molecule is COc1ccccc1N(CCO)C(=O)Nc1ccc(Cl)cc1. The summed E-state index contributed by atoms with van der Waals surface area (Å²) in [6.45, 7) is -0.00805. The number of aliphatic hydroxyl groups excluding tert-OH is 1. The van der Waals surface area contributed by atoms with Crippen LogP contribution < -0.4 is 15.0 Å². The third kappa shape index (κ3) is 3.90. The largest absolute Gasteiger partial charge is 0.495 e. The molecule has 0 heterocycles. The molecule has 2 N–H and O–H groups in total. The molecule has 0 bridgehead atoms. The maximum absolute atomic E-state index is 12.5. The zero-order valence-corrected chi connectivity index (χ0v) is 12.9. The molecule has 5 nitrogen and oxygen atoms in total. The van der Waals surface area contributed by atoms with Crippen molar-refractivity contribution in [3.63, 3.8) is 0 Å². The predicted molar refractivity (Wildman–Crippen MR) is 87.9 cm³/mol. The topological polar surface area (TPSA) is 61.8 Å². The third-order valence-electron chi connectivity index (χ3n) is 3.04. The predicted octanol–water partition coefficient (Wildman–Crippen LogP) is 3.38. The molecule has 6 heteroatoms. The van der Waals surface area contributed by atoms with E-state index in [1.807, 2.05) is 6.07 Å². The Morgan fingerprint density at radius 3 is 2.55 bits per heavy atom. The first-order valence-electron chi connectivity index (χ1n) is 6.73. The molecule has 2 rings (SSSR count). The Balaban J connectivity index is 2.23. The lowest BCUT2D eigenvalue weighted by molar-refractivity contribution is 0.251. The van der Waals surface area contributed by atoms with Crippen molar-refractivity contribution in [1.82, 2.24) is 0 Å². The number of nitrogens with zero attached hydrogens (tertiary/aromatic N) is 1. The maximum atomic E-state index is 12.5. The van der Waals surface area contributed by atoms with Gasteiger partial charge in [-0.3, -0.25) is 4.90 Å². The summed E-state index contributed by atoms with van der Waals surface area (Å²) in [4.78, 5) is 13.9. The molecule has 0 aliphatic carbocycles. The van der Waals surface area contributed by atoms with Crippen molar-refractivity contribution in [1.29, 1.82) is 0 Å². The first-order valence-corrected chi connectivity index (χ1v) is 7.11. The van der Waals surface area contributed by atoms with E-state index >= 15 is 0 Å². The van der Waals surface area contributed by atoms with Crippen LogP contribution in [0.25, 0.3) is 0 Å². The highest BCUT2D eigenvalue weighted by molar-refractivity contribution is 6.30. The number of ether oxygens (including phenoxy) is 1. The summed E-state index contributed by atoms with van der Waals surface area (Å²) in [5.74, 6) is 0.558. The molecule has 0 saturated heterocycles. The lowest BCUT2D eigenvalue weighted by Gasteiger charge is -2.24. The summed E-state index contributed by atoms with van der Waals surface area (Å²) in [6.07, 6.45) is 0. The van der Waals surface area contributed by atoms with Crippen LogP contribution in [0.5, 0.6) is 5.75 Å². The van der Waals surface area contributed by atoms with Crippen LogP contribution in [0.2, 0.25) is 5.02 Å². The molecule has 0 saturated carbocycles. The highest BCUT2D eigenvalue weighted by Gasteiger charge is 2.18. The molecule has 2 amide bonds. The van der Waals surface area contributed by atoms with Gasteiger partial charge in [-0.1, -0.05) is 23.7 Å². The summed E-state index contributed by atoms with van der Waals surface area (Å²) in [6, 6.07) is 13.6. The molecular weight excluding hydrogens is 304 g/mol. The van der Waals surface area contributed by atoms with Gasteiger partial charge in [-0.05, 0) is 36.4 Å². The average Bonchev–Trinajstić information content (AvgIpc) is 2.54. The Kier molecular flexibility index (Phi) is 5.63. The lowest BCUT2D eigenvalue weighted by Crippen LogP contribution is -2.37. The van der Waals surface area contributed by atoms with Crippen molar-refractivity contribution in [2.45, 2.75) is 0 Å². The molecule has 0 unspecified atom stereocenters. The number of methoxy groups -OCH3 is 1. The fraction of sp³-hybridized carbons (Fsp3) is 0.188. The Morgan fingerprint density at radius 2 is 1.91 bits per heavy atom. The number of urea groups is 1. The molecule has 2 aromatic carbocycles. The van der Waals surface area contributed by atoms with E-state index in [0.29, 0.717) is 22.1 Å². The van der Waals surface area contributed by atoms with E-state index in [4.69, 9.17) is 16.3 Å². The number of nitrogens with one attached hydrogen (secondary N) is 1. The first kappa shape index (κ1) is 16.1. The van der Waals surface area contributed by atoms with Crippen molar-refractivity contribution in [3.8, 4) is 5.75 Å². The number of hydrogen-bond donors (Lipinski definition) is 2. The third-order valence-corrected chi connectivity index (χ3v) is 3.29. The number of carbonyl (C=O) groups excluding carboxylic acids is 1. The van der Waals surface area contributed by atoms with Gasteiger partial charge in [0.1, 0.15) is 5.75 Å². The minimum Gasteiger partial charge on any atom is -0.495 e. The molecular formula is C16H17ClN2O3. The van der Waals surface area contributed by atoms with Crippen LogP contribution in [0, 0.1) is 0 Å². The minimum absolute atomic E-state index is 0.153. The number of halogens is 1. The fourth-order valence-electron chi connectivity index (χ4n) is 2.01. The Hall–Kier alpha value is -2.24. The summed E-state index contributed by atoms with van der Waals surface area (Å²) in [7, 11) is 1.53.